The lowest BCUT2D eigenvalue weighted by Crippen LogP contribution is -2.42. The summed E-state index contributed by atoms with van der Waals surface area (Å²) in [6, 6.07) is 11.7. The van der Waals surface area contributed by atoms with Crippen LogP contribution in [0.4, 0.5) is 0 Å². The maximum Gasteiger partial charge on any atom is 0.220 e. The topological polar surface area (TPSA) is 115 Å². The normalized spacial score (nSPS) is 12.8. The van der Waals surface area contributed by atoms with Gasteiger partial charge in [-0.1, -0.05) is 43.7 Å². The molecule has 1 aromatic carbocycles. The molecule has 0 fully saturated rings. The highest BCUT2D eigenvalue weighted by Crippen LogP contribution is 2.25. The largest absolute Gasteiger partial charge is 0.369 e. The van der Waals surface area contributed by atoms with Gasteiger partial charge < -0.3 is 16.8 Å². The van der Waals surface area contributed by atoms with Gasteiger partial charge in [-0.15, -0.1) is 11.3 Å². The molecule has 0 aliphatic heterocycles. The summed E-state index contributed by atoms with van der Waals surface area (Å²) in [6.07, 6.45) is 3.54. The van der Waals surface area contributed by atoms with E-state index in [0.29, 0.717) is 32.2 Å². The molecule has 0 spiro atoms. The molecule has 2 amide bonds. The minimum atomic E-state index is -0.593. The van der Waals surface area contributed by atoms with Crippen molar-refractivity contribution in [1.82, 2.24) is 5.32 Å². The molecule has 168 valence electrons. The van der Waals surface area contributed by atoms with Gasteiger partial charge in [-0.3, -0.25) is 14.4 Å². The molecule has 0 radical (unpaired) electrons. The first-order valence-corrected chi connectivity index (χ1v) is 11.8. The van der Waals surface area contributed by atoms with Crippen molar-refractivity contribution < 1.29 is 14.4 Å². The van der Waals surface area contributed by atoms with Crippen LogP contribution in [-0.2, 0) is 20.8 Å². The zero-order valence-corrected chi connectivity index (χ0v) is 19.0. The summed E-state index contributed by atoms with van der Waals surface area (Å²) in [5.74, 6) is -1.29. The first-order chi connectivity index (χ1) is 14.9. The van der Waals surface area contributed by atoms with Crippen LogP contribution in [0.3, 0.4) is 0 Å². The van der Waals surface area contributed by atoms with Crippen LogP contribution in [0.25, 0.3) is 10.4 Å². The maximum atomic E-state index is 12.6. The number of nitrogens with two attached hydrogens (primary N) is 2. The van der Waals surface area contributed by atoms with Gasteiger partial charge in [0.2, 0.25) is 11.8 Å². The molecule has 0 saturated heterocycles. The van der Waals surface area contributed by atoms with E-state index in [1.165, 1.54) is 4.88 Å². The molecule has 0 saturated carbocycles. The van der Waals surface area contributed by atoms with E-state index in [9.17, 15) is 14.4 Å². The van der Waals surface area contributed by atoms with Crippen molar-refractivity contribution in [2.75, 3.05) is 6.54 Å². The Kier molecular flexibility index (Phi) is 10.4. The smallest absolute Gasteiger partial charge is 0.220 e. The highest BCUT2D eigenvalue weighted by molar-refractivity contribution is 7.13. The van der Waals surface area contributed by atoms with Gasteiger partial charge in [-0.2, -0.15) is 0 Å². The summed E-state index contributed by atoms with van der Waals surface area (Å²) in [6.45, 7) is 2.39. The van der Waals surface area contributed by atoms with Gasteiger partial charge in [0.15, 0.2) is 5.78 Å². The van der Waals surface area contributed by atoms with Crippen molar-refractivity contribution in [1.29, 1.82) is 0 Å². The fourth-order valence-corrected chi connectivity index (χ4v) is 4.21. The Hall–Kier alpha value is -2.51. The number of primary amides is 1. The van der Waals surface area contributed by atoms with Gasteiger partial charge in [-0.05, 0) is 54.8 Å². The number of rotatable bonds is 14. The number of hydrogen-bond acceptors (Lipinski definition) is 5. The standard InChI is InChI=1S/C24H33N3O3S/c1-2-20(21(28)16-19(24(26)30)6-3-4-14-25)27-23(29)13-10-17-8-11-18(12-9-17)22-7-5-15-31-22/h5,7-9,11-12,15,19-20H,2-4,6,10,13-14,16,25H2,1H3,(H2,26,30)(H,27,29)/t19-,20+/m1/s1. The number of aryl methyl sites for hydroxylation is 1. The molecule has 1 heterocycles. The zero-order chi connectivity index (χ0) is 22.6. The number of benzene rings is 1. The van der Waals surface area contributed by atoms with Gasteiger partial charge in [0.25, 0.3) is 0 Å². The molecular weight excluding hydrogens is 410 g/mol. The summed E-state index contributed by atoms with van der Waals surface area (Å²) in [4.78, 5) is 37.9. The second-order valence-electron chi connectivity index (χ2n) is 7.76. The summed E-state index contributed by atoms with van der Waals surface area (Å²) in [5.41, 5.74) is 13.2. The van der Waals surface area contributed by atoms with Gasteiger partial charge in [0.05, 0.1) is 6.04 Å². The highest BCUT2D eigenvalue weighted by Gasteiger charge is 2.25. The number of Topliss-reactive ketones (excluding diaryl/α,β-unsaturated/α-hetero) is 1. The summed E-state index contributed by atoms with van der Waals surface area (Å²) in [7, 11) is 0. The monoisotopic (exact) mass is 443 g/mol. The first kappa shape index (κ1) is 24.8. The summed E-state index contributed by atoms with van der Waals surface area (Å²) < 4.78 is 0. The SMILES string of the molecule is CC[C@H](NC(=O)CCc1ccc(-c2cccs2)cc1)C(=O)C[C@@H](CCCCN)C(N)=O. The number of ketones is 1. The lowest BCUT2D eigenvalue weighted by Gasteiger charge is -2.19. The van der Waals surface area contributed by atoms with E-state index in [4.69, 9.17) is 11.5 Å². The number of carbonyl (C=O) groups is 3. The number of carbonyl (C=O) groups excluding carboxylic acids is 3. The molecule has 1 aromatic heterocycles. The van der Waals surface area contributed by atoms with Gasteiger partial charge in [0, 0.05) is 23.6 Å². The fraction of sp³-hybridized carbons (Fsp3) is 0.458. The van der Waals surface area contributed by atoms with E-state index in [0.717, 1.165) is 24.0 Å². The Balaban J connectivity index is 1.83. The van der Waals surface area contributed by atoms with Crippen LogP contribution in [0, 0.1) is 5.92 Å². The Morgan fingerprint density at radius 1 is 1.10 bits per heavy atom. The van der Waals surface area contributed by atoms with E-state index in [1.807, 2.05) is 30.5 Å². The van der Waals surface area contributed by atoms with Crippen LogP contribution < -0.4 is 16.8 Å². The van der Waals surface area contributed by atoms with Crippen LogP contribution in [0.5, 0.6) is 0 Å². The summed E-state index contributed by atoms with van der Waals surface area (Å²) in [5, 5.41) is 4.87. The van der Waals surface area contributed by atoms with Crippen molar-refractivity contribution in [3.8, 4) is 10.4 Å². The van der Waals surface area contributed by atoms with Gasteiger partial charge in [-0.25, -0.2) is 0 Å². The molecule has 0 aliphatic carbocycles. The molecular formula is C24H33N3O3S. The third-order valence-electron chi connectivity index (χ3n) is 5.39. The lowest BCUT2D eigenvalue weighted by molar-refractivity contribution is -0.130. The number of hydrogen-bond donors (Lipinski definition) is 3. The first-order valence-electron chi connectivity index (χ1n) is 10.9. The van der Waals surface area contributed by atoms with Crippen LogP contribution in [0.15, 0.2) is 41.8 Å². The van der Waals surface area contributed by atoms with Crippen LogP contribution in [0.1, 0.15) is 51.0 Å². The number of amides is 2. The molecule has 2 atom stereocenters. The van der Waals surface area contributed by atoms with Crippen molar-refractivity contribution in [2.24, 2.45) is 17.4 Å². The van der Waals surface area contributed by atoms with Crippen molar-refractivity contribution in [3.63, 3.8) is 0 Å². The Morgan fingerprint density at radius 3 is 2.42 bits per heavy atom. The lowest BCUT2D eigenvalue weighted by atomic mass is 9.92. The van der Waals surface area contributed by atoms with Crippen LogP contribution in [0.2, 0.25) is 0 Å². The third kappa shape index (κ3) is 8.26. The van der Waals surface area contributed by atoms with Crippen LogP contribution >= 0.6 is 11.3 Å². The van der Waals surface area contributed by atoms with Crippen molar-refractivity contribution in [2.45, 2.75) is 57.9 Å². The molecule has 7 heteroatoms. The van der Waals surface area contributed by atoms with E-state index < -0.39 is 17.9 Å². The average Bonchev–Trinajstić information content (AvgIpc) is 3.30. The molecule has 2 aromatic rings. The van der Waals surface area contributed by atoms with Crippen molar-refractivity contribution >= 4 is 28.9 Å². The molecule has 0 unspecified atom stereocenters. The summed E-state index contributed by atoms with van der Waals surface area (Å²) >= 11 is 1.69. The van der Waals surface area contributed by atoms with Gasteiger partial charge in [0.1, 0.15) is 0 Å². The minimum absolute atomic E-state index is 0.0584. The second kappa shape index (κ2) is 13.0. The van der Waals surface area contributed by atoms with Crippen LogP contribution in [-0.4, -0.2) is 30.2 Å². The second-order valence-corrected chi connectivity index (χ2v) is 8.70. The minimum Gasteiger partial charge on any atom is -0.369 e. The predicted molar refractivity (Wildman–Crippen MR) is 126 cm³/mol. The molecule has 0 bridgehead atoms. The predicted octanol–water partition coefficient (Wildman–Crippen LogP) is 3.43. The molecule has 6 nitrogen and oxygen atoms in total. The Morgan fingerprint density at radius 2 is 1.84 bits per heavy atom. The molecule has 0 aliphatic rings. The third-order valence-corrected chi connectivity index (χ3v) is 6.31. The molecule has 31 heavy (non-hydrogen) atoms. The zero-order valence-electron chi connectivity index (χ0n) is 18.1. The van der Waals surface area contributed by atoms with E-state index in [1.54, 1.807) is 11.3 Å². The molecule has 2 rings (SSSR count). The number of thiophene rings is 1. The Labute approximate surface area is 188 Å². The quantitative estimate of drug-likeness (QED) is 0.388. The van der Waals surface area contributed by atoms with E-state index in [-0.39, 0.29) is 18.1 Å². The van der Waals surface area contributed by atoms with E-state index >= 15 is 0 Å². The maximum absolute atomic E-state index is 12.6. The number of nitrogens with one attached hydrogen (secondary N) is 1. The van der Waals surface area contributed by atoms with Gasteiger partial charge >= 0.3 is 0 Å². The van der Waals surface area contributed by atoms with Crippen molar-refractivity contribution in [3.05, 3.63) is 47.3 Å². The highest BCUT2D eigenvalue weighted by atomic mass is 32.1. The number of unbranched alkanes of at least 4 members (excludes halogenated alkanes) is 1. The van der Waals surface area contributed by atoms with E-state index in [2.05, 4.69) is 23.5 Å². The fourth-order valence-electron chi connectivity index (χ4n) is 3.48. The average molecular weight is 444 g/mol. The Bertz CT molecular complexity index is 834. The molecule has 5 N–H and O–H groups in total.